The third-order valence-corrected chi connectivity index (χ3v) is 2.97. The Morgan fingerprint density at radius 2 is 1.89 bits per heavy atom. The van der Waals surface area contributed by atoms with Gasteiger partial charge in [-0.15, -0.1) is 0 Å². The molecule has 0 aromatic carbocycles. The van der Waals surface area contributed by atoms with Gasteiger partial charge in [-0.1, -0.05) is 0 Å². The summed E-state index contributed by atoms with van der Waals surface area (Å²) >= 11 is 0. The van der Waals surface area contributed by atoms with Gasteiger partial charge in [-0.3, -0.25) is 4.79 Å². The minimum Gasteiger partial charge on any atom is -0.481 e. The molecule has 7 nitrogen and oxygen atoms in total. The van der Waals surface area contributed by atoms with Crippen LogP contribution in [0.2, 0.25) is 0 Å². The molecule has 1 aliphatic rings. The van der Waals surface area contributed by atoms with Crippen LogP contribution in [0.25, 0.3) is 0 Å². The molecule has 3 N–H and O–H groups in total. The Morgan fingerprint density at radius 1 is 1.32 bits per heavy atom. The number of amides is 1. The van der Waals surface area contributed by atoms with E-state index in [4.69, 9.17) is 14.9 Å². The zero-order chi connectivity index (χ0) is 14.8. The molecule has 1 amide bonds. The number of hydrogen-bond acceptors (Lipinski definition) is 5. The highest BCUT2D eigenvalue weighted by Crippen LogP contribution is 2.24. The van der Waals surface area contributed by atoms with Crippen LogP contribution in [-0.4, -0.2) is 63.7 Å². The molecule has 0 bridgehead atoms. The Bertz CT molecular complexity index is 351. The van der Waals surface area contributed by atoms with Gasteiger partial charge in [-0.2, -0.15) is 0 Å². The molecular weight excluding hydrogens is 254 g/mol. The Labute approximate surface area is 111 Å². The quantitative estimate of drug-likeness (QED) is 0.650. The molecule has 3 atom stereocenters. The molecule has 19 heavy (non-hydrogen) atoms. The van der Waals surface area contributed by atoms with Crippen molar-refractivity contribution in [2.75, 3.05) is 19.7 Å². The summed E-state index contributed by atoms with van der Waals surface area (Å²) in [5.41, 5.74) is -0.680. The summed E-state index contributed by atoms with van der Waals surface area (Å²) in [5.74, 6) is -2.99. The Morgan fingerprint density at radius 3 is 2.32 bits per heavy atom. The van der Waals surface area contributed by atoms with Crippen molar-refractivity contribution in [3.05, 3.63) is 0 Å². The predicted molar refractivity (Wildman–Crippen MR) is 65.5 cm³/mol. The van der Waals surface area contributed by atoms with E-state index in [2.05, 4.69) is 0 Å². The largest absolute Gasteiger partial charge is 0.481 e. The second kappa shape index (κ2) is 5.75. The lowest BCUT2D eigenvalue weighted by Gasteiger charge is -2.39. The summed E-state index contributed by atoms with van der Waals surface area (Å²) in [4.78, 5) is 24.2. The number of likely N-dealkylation sites (tertiary alicyclic amines) is 1. The van der Waals surface area contributed by atoms with Crippen molar-refractivity contribution in [2.45, 2.75) is 32.5 Å². The van der Waals surface area contributed by atoms with E-state index in [1.54, 1.807) is 20.8 Å². The van der Waals surface area contributed by atoms with Crippen LogP contribution < -0.4 is 0 Å². The first-order valence-corrected chi connectivity index (χ1v) is 6.15. The van der Waals surface area contributed by atoms with Crippen LogP contribution in [-0.2, 0) is 9.53 Å². The number of aliphatic carboxylic acids is 1. The fourth-order valence-corrected chi connectivity index (χ4v) is 2.01. The highest BCUT2D eigenvalue weighted by molar-refractivity contribution is 5.74. The number of nitrogens with zero attached hydrogens (tertiary/aromatic N) is 1. The molecule has 0 unspecified atom stereocenters. The molecule has 1 heterocycles. The second-order valence-electron chi connectivity index (χ2n) is 5.76. The standard InChI is InChI=1S/C12H21NO6/c1-12(2,3)19-11(18)13-4-7(6-14)9(15)8(5-13)10(16)17/h7-9,14-15H,4-6H2,1-3H3,(H,16,17)/t7-,8-,9+/m1/s1. The van der Waals surface area contributed by atoms with E-state index < -0.39 is 35.6 Å². The van der Waals surface area contributed by atoms with E-state index >= 15 is 0 Å². The van der Waals surface area contributed by atoms with E-state index in [0.29, 0.717) is 0 Å². The maximum absolute atomic E-state index is 11.9. The van der Waals surface area contributed by atoms with Gasteiger partial charge in [-0.05, 0) is 20.8 Å². The minimum absolute atomic E-state index is 0.0797. The van der Waals surface area contributed by atoms with Crippen LogP contribution in [0.1, 0.15) is 20.8 Å². The van der Waals surface area contributed by atoms with Gasteiger partial charge in [0.05, 0.1) is 12.7 Å². The lowest BCUT2D eigenvalue weighted by molar-refractivity contribution is -0.152. The molecule has 7 heteroatoms. The van der Waals surface area contributed by atoms with E-state index in [1.165, 1.54) is 4.90 Å². The lowest BCUT2D eigenvalue weighted by Crippen LogP contribution is -2.55. The van der Waals surface area contributed by atoms with Gasteiger partial charge in [-0.25, -0.2) is 4.79 Å². The van der Waals surface area contributed by atoms with Crippen molar-refractivity contribution in [1.82, 2.24) is 4.90 Å². The summed E-state index contributed by atoms with van der Waals surface area (Å²) < 4.78 is 5.16. The monoisotopic (exact) mass is 275 g/mol. The highest BCUT2D eigenvalue weighted by Gasteiger charge is 2.42. The van der Waals surface area contributed by atoms with E-state index in [9.17, 15) is 14.7 Å². The number of carboxylic acid groups (broad SMARTS) is 1. The second-order valence-corrected chi connectivity index (χ2v) is 5.76. The molecule has 1 aliphatic heterocycles. The van der Waals surface area contributed by atoms with Crippen LogP contribution in [0, 0.1) is 11.8 Å². The average molecular weight is 275 g/mol. The molecule has 0 spiro atoms. The highest BCUT2D eigenvalue weighted by atomic mass is 16.6. The minimum atomic E-state index is -1.20. The fourth-order valence-electron chi connectivity index (χ4n) is 2.01. The number of rotatable bonds is 2. The topological polar surface area (TPSA) is 107 Å². The Balaban J connectivity index is 2.80. The molecule has 0 saturated carbocycles. The van der Waals surface area contributed by atoms with Crippen molar-refractivity contribution in [3.63, 3.8) is 0 Å². The van der Waals surface area contributed by atoms with Gasteiger partial charge in [0.1, 0.15) is 11.5 Å². The molecule has 1 saturated heterocycles. The van der Waals surface area contributed by atoms with E-state index in [-0.39, 0.29) is 19.7 Å². The number of carbonyl (C=O) groups excluding carboxylic acids is 1. The number of piperidine rings is 1. The summed E-state index contributed by atoms with van der Waals surface area (Å²) in [6, 6.07) is 0. The Hall–Kier alpha value is -1.34. The molecule has 0 aromatic rings. The van der Waals surface area contributed by atoms with Crippen molar-refractivity contribution in [2.24, 2.45) is 11.8 Å². The Kier molecular flexibility index (Phi) is 4.75. The van der Waals surface area contributed by atoms with Gasteiger partial charge < -0.3 is 25.0 Å². The number of ether oxygens (including phenoxy) is 1. The maximum Gasteiger partial charge on any atom is 0.410 e. The fraction of sp³-hybridized carbons (Fsp3) is 0.833. The first-order chi connectivity index (χ1) is 8.65. The molecule has 0 aliphatic carbocycles. The van der Waals surface area contributed by atoms with Crippen molar-refractivity contribution in [1.29, 1.82) is 0 Å². The van der Waals surface area contributed by atoms with Crippen LogP contribution in [0.5, 0.6) is 0 Å². The normalized spacial score (nSPS) is 28.1. The SMILES string of the molecule is CC(C)(C)OC(=O)N1C[C@H](CO)[C@H](O)[C@H](C(=O)O)C1. The van der Waals surface area contributed by atoms with Gasteiger partial charge in [0, 0.05) is 19.0 Å². The lowest BCUT2D eigenvalue weighted by atomic mass is 9.86. The van der Waals surface area contributed by atoms with Crippen LogP contribution in [0.4, 0.5) is 4.79 Å². The number of carboxylic acids is 1. The first-order valence-electron chi connectivity index (χ1n) is 6.15. The third kappa shape index (κ3) is 4.07. The molecule has 0 aromatic heterocycles. The predicted octanol–water partition coefficient (Wildman–Crippen LogP) is -0.0927. The van der Waals surface area contributed by atoms with Crippen molar-refractivity contribution >= 4 is 12.1 Å². The van der Waals surface area contributed by atoms with E-state index in [1.807, 2.05) is 0 Å². The van der Waals surface area contributed by atoms with E-state index in [0.717, 1.165) is 0 Å². The van der Waals surface area contributed by atoms with Gasteiger partial charge in [0.15, 0.2) is 0 Å². The average Bonchev–Trinajstić information content (AvgIpc) is 2.26. The summed E-state index contributed by atoms with van der Waals surface area (Å²) in [6.45, 7) is 4.70. The number of hydrogen-bond donors (Lipinski definition) is 3. The maximum atomic E-state index is 11.9. The van der Waals surface area contributed by atoms with Crippen molar-refractivity contribution in [3.8, 4) is 0 Å². The molecular formula is C12H21NO6. The summed E-state index contributed by atoms with van der Waals surface area (Å²) in [6.07, 6.45) is -1.80. The van der Waals surface area contributed by atoms with Crippen LogP contribution in [0.15, 0.2) is 0 Å². The zero-order valence-electron chi connectivity index (χ0n) is 11.4. The van der Waals surface area contributed by atoms with Gasteiger partial charge in [0.2, 0.25) is 0 Å². The molecule has 1 fully saturated rings. The smallest absolute Gasteiger partial charge is 0.410 e. The number of aliphatic hydroxyl groups excluding tert-OH is 2. The zero-order valence-corrected chi connectivity index (χ0v) is 11.4. The summed E-state index contributed by atoms with van der Waals surface area (Å²) in [7, 11) is 0. The molecule has 110 valence electrons. The van der Waals surface area contributed by atoms with Gasteiger partial charge >= 0.3 is 12.1 Å². The van der Waals surface area contributed by atoms with Crippen LogP contribution >= 0.6 is 0 Å². The van der Waals surface area contributed by atoms with Crippen molar-refractivity contribution < 1.29 is 29.6 Å². The van der Waals surface area contributed by atoms with Crippen LogP contribution in [0.3, 0.4) is 0 Å². The number of aliphatic hydroxyl groups is 2. The molecule has 1 rings (SSSR count). The van der Waals surface area contributed by atoms with Gasteiger partial charge in [0.25, 0.3) is 0 Å². The molecule has 0 radical (unpaired) electrons. The first kappa shape index (κ1) is 15.7. The third-order valence-electron chi connectivity index (χ3n) is 2.97. The summed E-state index contributed by atoms with van der Waals surface area (Å²) in [5, 5.41) is 28.0. The number of carbonyl (C=O) groups is 2.